The third-order valence-electron chi connectivity index (χ3n) is 4.42. The van der Waals surface area contributed by atoms with Crippen LogP contribution < -0.4 is 4.90 Å². The zero-order valence-corrected chi connectivity index (χ0v) is 14.3. The van der Waals surface area contributed by atoms with Crippen LogP contribution in [-0.2, 0) is 0 Å². The Morgan fingerprint density at radius 3 is 2.50 bits per heavy atom. The van der Waals surface area contributed by atoms with Crippen LogP contribution in [0.4, 0.5) is 5.69 Å². The minimum Gasteiger partial charge on any atom is -0.506 e. The molecule has 0 aliphatic carbocycles. The smallest absolute Gasteiger partial charge is 0.259 e. The van der Waals surface area contributed by atoms with Crippen molar-refractivity contribution in [3.63, 3.8) is 0 Å². The molecule has 1 N–H and O–H groups in total. The van der Waals surface area contributed by atoms with Crippen molar-refractivity contribution in [2.45, 2.75) is 26.7 Å². The predicted molar refractivity (Wildman–Crippen MR) is 91.6 cm³/mol. The quantitative estimate of drug-likeness (QED) is 0.937. The Morgan fingerprint density at radius 2 is 1.88 bits per heavy atom. The minimum atomic E-state index is -0.0191. The number of benzene rings is 1. The highest BCUT2D eigenvalue weighted by Gasteiger charge is 2.29. The number of carbonyl (C=O) groups is 1. The summed E-state index contributed by atoms with van der Waals surface area (Å²) in [6.45, 7) is 8.38. The van der Waals surface area contributed by atoms with Crippen molar-refractivity contribution >= 4 is 11.6 Å². The van der Waals surface area contributed by atoms with Gasteiger partial charge >= 0.3 is 0 Å². The number of rotatable bonds is 3. The van der Waals surface area contributed by atoms with Crippen LogP contribution in [0.25, 0.3) is 0 Å². The molecule has 1 fully saturated rings. The number of piperazine rings is 1. The molecule has 0 bridgehead atoms. The molecule has 3 rings (SSSR count). The second kappa shape index (κ2) is 6.55. The van der Waals surface area contributed by atoms with E-state index in [-0.39, 0.29) is 17.6 Å². The van der Waals surface area contributed by atoms with Gasteiger partial charge < -0.3 is 19.4 Å². The molecule has 1 saturated heterocycles. The van der Waals surface area contributed by atoms with Crippen molar-refractivity contribution in [2.75, 3.05) is 31.1 Å². The molecular formula is C18H23N3O3. The summed E-state index contributed by atoms with van der Waals surface area (Å²) in [6, 6.07) is 7.29. The van der Waals surface area contributed by atoms with Crippen LogP contribution in [-0.4, -0.2) is 47.2 Å². The number of carbonyl (C=O) groups excluding carboxylic acids is 1. The molecule has 1 aliphatic heterocycles. The standard InChI is InChI=1S/C18H23N3O3/c1-12(2)17-16(13(3)19-24-17)18(23)21-10-8-20(9-11-21)14-6-4-5-7-15(14)22/h4-7,12,22H,8-11H2,1-3H3. The zero-order valence-electron chi connectivity index (χ0n) is 14.3. The number of amides is 1. The highest BCUT2D eigenvalue weighted by atomic mass is 16.5. The Hall–Kier alpha value is -2.50. The average molecular weight is 329 g/mol. The van der Waals surface area contributed by atoms with Gasteiger partial charge in [0.2, 0.25) is 0 Å². The molecule has 0 saturated carbocycles. The summed E-state index contributed by atoms with van der Waals surface area (Å²) in [6.07, 6.45) is 0. The Morgan fingerprint density at radius 1 is 1.21 bits per heavy atom. The maximum Gasteiger partial charge on any atom is 0.259 e. The molecule has 0 radical (unpaired) electrons. The number of aromatic nitrogens is 1. The highest BCUT2D eigenvalue weighted by molar-refractivity contribution is 5.96. The molecule has 1 amide bonds. The lowest BCUT2D eigenvalue weighted by molar-refractivity contribution is 0.0743. The molecule has 0 atom stereocenters. The van der Waals surface area contributed by atoms with E-state index in [0.717, 1.165) is 5.69 Å². The third-order valence-corrected chi connectivity index (χ3v) is 4.42. The van der Waals surface area contributed by atoms with Crippen LogP contribution >= 0.6 is 0 Å². The number of phenolic OH excluding ortho intramolecular Hbond substituents is 1. The van der Waals surface area contributed by atoms with E-state index in [1.807, 2.05) is 30.9 Å². The highest BCUT2D eigenvalue weighted by Crippen LogP contribution is 2.28. The van der Waals surface area contributed by atoms with Crippen LogP contribution in [0.2, 0.25) is 0 Å². The fraction of sp³-hybridized carbons (Fsp3) is 0.444. The average Bonchev–Trinajstić information content (AvgIpc) is 2.97. The summed E-state index contributed by atoms with van der Waals surface area (Å²) in [7, 11) is 0. The van der Waals surface area contributed by atoms with E-state index < -0.39 is 0 Å². The van der Waals surface area contributed by atoms with Crippen molar-refractivity contribution in [1.82, 2.24) is 10.1 Å². The molecule has 24 heavy (non-hydrogen) atoms. The van der Waals surface area contributed by atoms with Crippen LogP contribution in [0, 0.1) is 6.92 Å². The summed E-state index contributed by atoms with van der Waals surface area (Å²) in [5.74, 6) is 1.02. The minimum absolute atomic E-state index is 0.0191. The zero-order chi connectivity index (χ0) is 17.3. The van der Waals surface area contributed by atoms with E-state index in [9.17, 15) is 9.90 Å². The summed E-state index contributed by atoms with van der Waals surface area (Å²) < 4.78 is 5.33. The number of phenols is 1. The van der Waals surface area contributed by atoms with Gasteiger partial charge in [0.25, 0.3) is 5.91 Å². The van der Waals surface area contributed by atoms with Gasteiger partial charge in [0.15, 0.2) is 5.76 Å². The first-order valence-corrected chi connectivity index (χ1v) is 8.27. The second-order valence-electron chi connectivity index (χ2n) is 6.43. The van der Waals surface area contributed by atoms with E-state index in [4.69, 9.17) is 4.52 Å². The summed E-state index contributed by atoms with van der Waals surface area (Å²) in [5, 5.41) is 13.9. The number of para-hydroxylation sites is 2. The lowest BCUT2D eigenvalue weighted by atomic mass is 10.0. The Balaban J connectivity index is 1.72. The van der Waals surface area contributed by atoms with E-state index >= 15 is 0 Å². The fourth-order valence-electron chi connectivity index (χ4n) is 3.08. The van der Waals surface area contributed by atoms with Gasteiger partial charge in [0, 0.05) is 32.1 Å². The Kier molecular flexibility index (Phi) is 4.46. The van der Waals surface area contributed by atoms with Gasteiger partial charge in [-0.2, -0.15) is 0 Å². The largest absolute Gasteiger partial charge is 0.506 e. The fourth-order valence-corrected chi connectivity index (χ4v) is 3.08. The maximum absolute atomic E-state index is 12.9. The van der Waals surface area contributed by atoms with Crippen LogP contribution in [0.1, 0.15) is 41.6 Å². The molecule has 1 aromatic carbocycles. The molecule has 128 valence electrons. The molecular weight excluding hydrogens is 306 g/mol. The van der Waals surface area contributed by atoms with Crippen molar-refractivity contribution < 1.29 is 14.4 Å². The van der Waals surface area contributed by atoms with Crippen LogP contribution in [0.5, 0.6) is 5.75 Å². The first-order chi connectivity index (χ1) is 11.5. The normalized spacial score (nSPS) is 15.2. The lowest BCUT2D eigenvalue weighted by Gasteiger charge is -2.36. The number of aryl methyl sites for hydroxylation is 1. The van der Waals surface area contributed by atoms with Gasteiger partial charge in [-0.3, -0.25) is 4.79 Å². The molecule has 1 aliphatic rings. The number of nitrogens with zero attached hydrogens (tertiary/aromatic N) is 3. The topological polar surface area (TPSA) is 69.8 Å². The van der Waals surface area contributed by atoms with Gasteiger partial charge in [-0.25, -0.2) is 0 Å². The summed E-state index contributed by atoms with van der Waals surface area (Å²) >= 11 is 0. The molecule has 0 unspecified atom stereocenters. The lowest BCUT2D eigenvalue weighted by Crippen LogP contribution is -2.49. The maximum atomic E-state index is 12.9. The van der Waals surface area contributed by atoms with E-state index in [2.05, 4.69) is 10.1 Å². The summed E-state index contributed by atoms with van der Waals surface area (Å²) in [5.41, 5.74) is 2.06. The molecule has 2 aromatic rings. The van der Waals surface area contributed by atoms with Crippen molar-refractivity contribution in [3.8, 4) is 5.75 Å². The van der Waals surface area contributed by atoms with Gasteiger partial charge in [-0.1, -0.05) is 31.1 Å². The molecule has 6 nitrogen and oxygen atoms in total. The van der Waals surface area contributed by atoms with Crippen LogP contribution in [0.15, 0.2) is 28.8 Å². The van der Waals surface area contributed by atoms with Crippen LogP contribution in [0.3, 0.4) is 0 Å². The first-order valence-electron chi connectivity index (χ1n) is 8.27. The first kappa shape index (κ1) is 16.4. The van der Waals surface area contributed by atoms with Gasteiger partial charge in [-0.15, -0.1) is 0 Å². The number of anilines is 1. The van der Waals surface area contributed by atoms with Crippen molar-refractivity contribution in [1.29, 1.82) is 0 Å². The van der Waals surface area contributed by atoms with Gasteiger partial charge in [0.05, 0.1) is 11.4 Å². The van der Waals surface area contributed by atoms with Crippen molar-refractivity contribution in [3.05, 3.63) is 41.3 Å². The van der Waals surface area contributed by atoms with Gasteiger partial charge in [0.1, 0.15) is 11.3 Å². The molecule has 1 aromatic heterocycles. The predicted octanol–water partition coefficient (Wildman–Crippen LogP) is 2.77. The monoisotopic (exact) mass is 329 g/mol. The molecule has 0 spiro atoms. The number of aromatic hydroxyl groups is 1. The number of hydrogen-bond donors (Lipinski definition) is 1. The SMILES string of the molecule is Cc1noc(C(C)C)c1C(=O)N1CCN(c2ccccc2O)CC1. The third kappa shape index (κ3) is 2.96. The van der Waals surface area contributed by atoms with E-state index in [1.165, 1.54) is 0 Å². The number of hydrogen-bond acceptors (Lipinski definition) is 5. The van der Waals surface area contributed by atoms with E-state index in [1.54, 1.807) is 19.1 Å². The molecule has 6 heteroatoms. The summed E-state index contributed by atoms with van der Waals surface area (Å²) in [4.78, 5) is 16.8. The van der Waals surface area contributed by atoms with E-state index in [0.29, 0.717) is 43.2 Å². The molecule has 2 heterocycles. The Bertz CT molecular complexity index is 731. The second-order valence-corrected chi connectivity index (χ2v) is 6.43. The van der Waals surface area contributed by atoms with Crippen molar-refractivity contribution in [2.24, 2.45) is 0 Å². The Labute approximate surface area is 141 Å². The van der Waals surface area contributed by atoms with Gasteiger partial charge in [-0.05, 0) is 19.1 Å².